The van der Waals surface area contributed by atoms with Crippen LogP contribution in [0.5, 0.6) is 0 Å². The highest BCUT2D eigenvalue weighted by Crippen LogP contribution is 2.06. The van der Waals surface area contributed by atoms with Gasteiger partial charge in [0.25, 0.3) is 0 Å². The lowest BCUT2D eigenvalue weighted by atomic mass is 10.0. The number of piperazine rings is 1. The van der Waals surface area contributed by atoms with E-state index in [2.05, 4.69) is 42.8 Å². The maximum atomic E-state index is 11.9. The van der Waals surface area contributed by atoms with Gasteiger partial charge in [-0.3, -0.25) is 9.69 Å². The van der Waals surface area contributed by atoms with Crippen molar-refractivity contribution in [2.24, 2.45) is 11.7 Å². The van der Waals surface area contributed by atoms with Crippen LogP contribution in [0.15, 0.2) is 0 Å². The SMILES string of the molecule is CCN1CCN(C(C)CNC(=O)[C@@H](N)CC(C)C)CC1.Cl.Cl.Cl. The quantitative estimate of drug-likeness (QED) is 0.692. The number of rotatable bonds is 7. The van der Waals surface area contributed by atoms with Crippen LogP contribution < -0.4 is 11.1 Å². The summed E-state index contributed by atoms with van der Waals surface area (Å²) in [7, 11) is 0. The molecule has 1 aliphatic rings. The minimum absolute atomic E-state index is 0. The number of nitrogens with two attached hydrogens (primary N) is 1. The standard InChI is InChI=1S/C15H32N4O.3ClH/c1-5-18-6-8-19(9-7-18)13(4)11-17-15(20)14(16)10-12(2)3;;;/h12-14H,5-11,16H2,1-4H3,(H,17,20);3*1H/t13?,14-;;;/m0.../s1. The first-order chi connectivity index (χ1) is 9.43. The molecule has 142 valence electrons. The highest BCUT2D eigenvalue weighted by molar-refractivity contribution is 5.86. The van der Waals surface area contributed by atoms with Crippen LogP contribution >= 0.6 is 37.2 Å². The molecule has 1 unspecified atom stereocenters. The highest BCUT2D eigenvalue weighted by Gasteiger charge is 2.21. The van der Waals surface area contributed by atoms with Crippen molar-refractivity contribution in [3.05, 3.63) is 0 Å². The van der Waals surface area contributed by atoms with Crippen LogP contribution in [0.25, 0.3) is 0 Å². The van der Waals surface area contributed by atoms with E-state index in [9.17, 15) is 4.79 Å². The van der Waals surface area contributed by atoms with Crippen LogP contribution in [-0.4, -0.2) is 67.1 Å². The minimum atomic E-state index is -0.376. The van der Waals surface area contributed by atoms with E-state index in [4.69, 9.17) is 5.73 Å². The molecule has 23 heavy (non-hydrogen) atoms. The number of carbonyl (C=O) groups excluding carboxylic acids is 1. The third-order valence-electron chi connectivity index (χ3n) is 4.11. The Morgan fingerprint density at radius 3 is 2.04 bits per heavy atom. The second-order valence-corrected chi connectivity index (χ2v) is 6.30. The second kappa shape index (κ2) is 14.6. The van der Waals surface area contributed by atoms with Crippen molar-refractivity contribution < 1.29 is 4.79 Å². The molecule has 3 N–H and O–H groups in total. The average molecular weight is 394 g/mol. The molecule has 1 aliphatic heterocycles. The Bertz CT molecular complexity index is 300. The first-order valence-electron chi connectivity index (χ1n) is 7.93. The van der Waals surface area contributed by atoms with Crippen molar-refractivity contribution in [2.75, 3.05) is 39.3 Å². The van der Waals surface area contributed by atoms with E-state index >= 15 is 0 Å². The molecule has 0 radical (unpaired) electrons. The van der Waals surface area contributed by atoms with Gasteiger partial charge < -0.3 is 16.0 Å². The molecular weight excluding hydrogens is 359 g/mol. The summed E-state index contributed by atoms with van der Waals surface area (Å²) in [5.41, 5.74) is 5.89. The van der Waals surface area contributed by atoms with Crippen molar-refractivity contribution in [1.29, 1.82) is 0 Å². The van der Waals surface area contributed by atoms with Crippen molar-refractivity contribution in [3.63, 3.8) is 0 Å². The molecule has 1 saturated heterocycles. The number of amides is 1. The normalized spacial score (nSPS) is 18.2. The van der Waals surface area contributed by atoms with Gasteiger partial charge in [-0.15, -0.1) is 37.2 Å². The minimum Gasteiger partial charge on any atom is -0.353 e. The molecule has 2 atom stereocenters. The van der Waals surface area contributed by atoms with E-state index in [0.717, 1.165) is 39.1 Å². The van der Waals surface area contributed by atoms with E-state index in [1.54, 1.807) is 0 Å². The van der Waals surface area contributed by atoms with E-state index in [1.807, 2.05) is 0 Å². The van der Waals surface area contributed by atoms with Crippen molar-refractivity contribution >= 4 is 43.1 Å². The number of nitrogens with one attached hydrogen (secondary N) is 1. The second-order valence-electron chi connectivity index (χ2n) is 6.30. The molecule has 0 spiro atoms. The van der Waals surface area contributed by atoms with Crippen LogP contribution in [0.4, 0.5) is 0 Å². The fraction of sp³-hybridized carbons (Fsp3) is 0.933. The number of halogens is 3. The zero-order valence-electron chi connectivity index (χ0n) is 14.8. The topological polar surface area (TPSA) is 61.6 Å². The fourth-order valence-electron chi connectivity index (χ4n) is 2.64. The molecular formula is C15H35Cl3N4O. The van der Waals surface area contributed by atoms with Gasteiger partial charge in [-0.1, -0.05) is 20.8 Å². The summed E-state index contributed by atoms with van der Waals surface area (Å²) in [5, 5.41) is 2.99. The summed E-state index contributed by atoms with van der Waals surface area (Å²) in [6.45, 7) is 14.8. The molecule has 0 saturated carbocycles. The Hall–Kier alpha value is 0.220. The Kier molecular flexibility index (Phi) is 17.7. The van der Waals surface area contributed by atoms with E-state index < -0.39 is 0 Å². The van der Waals surface area contributed by atoms with Crippen LogP contribution in [0.1, 0.15) is 34.1 Å². The molecule has 0 aromatic carbocycles. The van der Waals surface area contributed by atoms with Gasteiger partial charge in [-0.2, -0.15) is 0 Å². The van der Waals surface area contributed by atoms with Crippen LogP contribution in [0, 0.1) is 5.92 Å². The lowest BCUT2D eigenvalue weighted by molar-refractivity contribution is -0.123. The Balaban J connectivity index is -0.00000133. The Labute approximate surface area is 160 Å². The summed E-state index contributed by atoms with van der Waals surface area (Å²) < 4.78 is 0. The molecule has 1 amide bonds. The van der Waals surface area contributed by atoms with Gasteiger partial charge >= 0.3 is 0 Å². The summed E-state index contributed by atoms with van der Waals surface area (Å²) in [5.74, 6) is 0.438. The van der Waals surface area contributed by atoms with Gasteiger partial charge in [0.05, 0.1) is 6.04 Å². The molecule has 0 bridgehead atoms. The summed E-state index contributed by atoms with van der Waals surface area (Å²) in [6, 6.07) is 0.00310. The van der Waals surface area contributed by atoms with Crippen LogP contribution in [0.3, 0.4) is 0 Å². The molecule has 5 nitrogen and oxygen atoms in total. The predicted octanol–water partition coefficient (Wildman–Crippen LogP) is 1.77. The summed E-state index contributed by atoms with van der Waals surface area (Å²) >= 11 is 0. The monoisotopic (exact) mass is 392 g/mol. The third kappa shape index (κ3) is 10.6. The fourth-order valence-corrected chi connectivity index (χ4v) is 2.64. The maximum Gasteiger partial charge on any atom is 0.236 e. The smallest absolute Gasteiger partial charge is 0.236 e. The number of likely N-dealkylation sites (N-methyl/N-ethyl adjacent to an activating group) is 1. The van der Waals surface area contributed by atoms with E-state index in [1.165, 1.54) is 0 Å². The number of hydrogen-bond donors (Lipinski definition) is 2. The van der Waals surface area contributed by atoms with Gasteiger partial charge in [-0.05, 0) is 25.8 Å². The van der Waals surface area contributed by atoms with Crippen molar-refractivity contribution in [1.82, 2.24) is 15.1 Å². The van der Waals surface area contributed by atoms with E-state index in [0.29, 0.717) is 18.5 Å². The van der Waals surface area contributed by atoms with Gasteiger partial charge in [0, 0.05) is 38.8 Å². The Morgan fingerprint density at radius 1 is 1.09 bits per heavy atom. The van der Waals surface area contributed by atoms with E-state index in [-0.39, 0.29) is 49.2 Å². The molecule has 0 aliphatic carbocycles. The third-order valence-corrected chi connectivity index (χ3v) is 4.11. The molecule has 1 fully saturated rings. The van der Waals surface area contributed by atoms with Gasteiger partial charge in [0.1, 0.15) is 0 Å². The predicted molar refractivity (Wildman–Crippen MR) is 105 cm³/mol. The molecule has 1 rings (SSSR count). The number of nitrogens with zero attached hydrogens (tertiary/aromatic N) is 2. The van der Waals surface area contributed by atoms with Crippen LogP contribution in [-0.2, 0) is 4.79 Å². The molecule has 8 heteroatoms. The lowest BCUT2D eigenvalue weighted by Gasteiger charge is -2.37. The first-order valence-corrected chi connectivity index (χ1v) is 7.93. The molecule has 0 aromatic rings. The van der Waals surface area contributed by atoms with Gasteiger partial charge in [0.2, 0.25) is 5.91 Å². The zero-order valence-corrected chi connectivity index (χ0v) is 17.2. The lowest BCUT2D eigenvalue weighted by Crippen LogP contribution is -2.53. The maximum absolute atomic E-state index is 11.9. The van der Waals surface area contributed by atoms with Crippen molar-refractivity contribution in [3.8, 4) is 0 Å². The largest absolute Gasteiger partial charge is 0.353 e. The number of carbonyl (C=O) groups is 1. The zero-order chi connectivity index (χ0) is 15.1. The van der Waals surface area contributed by atoms with Gasteiger partial charge in [0.15, 0.2) is 0 Å². The first kappa shape index (κ1) is 28.0. The molecule has 0 aromatic heterocycles. The molecule has 1 heterocycles. The van der Waals surface area contributed by atoms with Crippen molar-refractivity contribution in [2.45, 2.75) is 46.2 Å². The Morgan fingerprint density at radius 2 is 1.61 bits per heavy atom. The average Bonchev–Trinajstić information content (AvgIpc) is 2.43. The highest BCUT2D eigenvalue weighted by atomic mass is 35.5. The van der Waals surface area contributed by atoms with Gasteiger partial charge in [-0.25, -0.2) is 0 Å². The summed E-state index contributed by atoms with van der Waals surface area (Å²) in [4.78, 5) is 16.8. The van der Waals surface area contributed by atoms with Crippen LogP contribution in [0.2, 0.25) is 0 Å². The summed E-state index contributed by atoms with van der Waals surface area (Å²) in [6.07, 6.45) is 0.745. The number of hydrogen-bond acceptors (Lipinski definition) is 4.